The van der Waals surface area contributed by atoms with Gasteiger partial charge in [-0.2, -0.15) is 0 Å². The molecule has 0 heterocycles. The normalized spacial score (nSPS) is 11.8. The number of hydrogen-bond acceptors (Lipinski definition) is 0. The molecule has 0 unspecified atom stereocenters. The van der Waals surface area contributed by atoms with Crippen LogP contribution in [0.15, 0.2) is 218 Å². The molecule has 0 fully saturated rings. The van der Waals surface area contributed by atoms with Gasteiger partial charge in [-0.25, -0.2) is 0 Å². The van der Waals surface area contributed by atoms with Crippen molar-refractivity contribution in [3.63, 3.8) is 0 Å². The molecule has 0 aliphatic carbocycles. The summed E-state index contributed by atoms with van der Waals surface area (Å²) in [6.07, 6.45) is 0. The second-order valence-corrected chi connectivity index (χ2v) is 15.6. The van der Waals surface area contributed by atoms with E-state index in [1.807, 2.05) is 0 Å². The van der Waals surface area contributed by atoms with E-state index in [9.17, 15) is 0 Å². The summed E-state index contributed by atoms with van der Waals surface area (Å²) in [6, 6.07) is 80.9. The topological polar surface area (TPSA) is 0 Å². The quantitative estimate of drug-likeness (QED) is 0.125. The van der Waals surface area contributed by atoms with Gasteiger partial charge in [-0.3, -0.25) is 0 Å². The Bertz CT molecular complexity index is 3510. The molecular formula is C58H36. The number of benzene rings is 12. The summed E-state index contributed by atoms with van der Waals surface area (Å²) in [4.78, 5) is 0. The van der Waals surface area contributed by atoms with Crippen molar-refractivity contribution in [1.82, 2.24) is 0 Å². The fourth-order valence-corrected chi connectivity index (χ4v) is 9.62. The minimum atomic E-state index is 1.22. The smallest absolute Gasteiger partial charge is 0.00262 e. The minimum Gasteiger partial charge on any atom is -0.0616 e. The standard InChI is InChI=1S/C58H36/c1-2-12-41-33-42(28-23-37(41)11-1)38-21-26-40(27-22-38)57-52-17-7-9-19-54(52)58(55-20-10-8-18-53(55)57)45-30-25-39-24-29-43(34-46(39)35-45)44-31-32-51-49-15-4-3-13-47(49)48-14-5-6-16-50(48)56(51)36-44/h1-36H. The number of hydrogen-bond donors (Lipinski definition) is 0. The van der Waals surface area contributed by atoms with Crippen LogP contribution in [0.5, 0.6) is 0 Å². The van der Waals surface area contributed by atoms with Gasteiger partial charge in [0.15, 0.2) is 0 Å². The van der Waals surface area contributed by atoms with E-state index in [1.54, 1.807) is 0 Å². The van der Waals surface area contributed by atoms with Crippen LogP contribution in [0.25, 0.3) is 120 Å². The van der Waals surface area contributed by atoms with Crippen LogP contribution in [0.3, 0.4) is 0 Å². The zero-order valence-electron chi connectivity index (χ0n) is 31.8. The van der Waals surface area contributed by atoms with Gasteiger partial charge < -0.3 is 0 Å². The third-order valence-corrected chi connectivity index (χ3v) is 12.4. The molecule has 0 nitrogen and oxygen atoms in total. The van der Waals surface area contributed by atoms with Gasteiger partial charge in [-0.1, -0.05) is 194 Å². The molecule has 0 bridgehead atoms. The van der Waals surface area contributed by atoms with Gasteiger partial charge in [0, 0.05) is 0 Å². The maximum atomic E-state index is 2.40. The summed E-state index contributed by atoms with van der Waals surface area (Å²) in [5.74, 6) is 0. The lowest BCUT2D eigenvalue weighted by atomic mass is 9.85. The molecule has 12 aromatic carbocycles. The lowest BCUT2D eigenvalue weighted by Crippen LogP contribution is -1.91. The van der Waals surface area contributed by atoms with Gasteiger partial charge in [0.2, 0.25) is 0 Å². The predicted molar refractivity (Wildman–Crippen MR) is 251 cm³/mol. The first kappa shape index (κ1) is 32.7. The summed E-state index contributed by atoms with van der Waals surface area (Å²) in [6.45, 7) is 0. The maximum absolute atomic E-state index is 2.40. The van der Waals surface area contributed by atoms with E-state index in [0.29, 0.717) is 0 Å². The van der Waals surface area contributed by atoms with Gasteiger partial charge in [0.25, 0.3) is 0 Å². The molecule has 0 amide bonds. The second kappa shape index (κ2) is 13.0. The Balaban J connectivity index is 0.992. The molecule has 0 aromatic heterocycles. The van der Waals surface area contributed by atoms with Crippen molar-refractivity contribution in [2.75, 3.05) is 0 Å². The Morgan fingerprint density at radius 2 is 0.483 bits per heavy atom. The number of rotatable bonds is 4. The van der Waals surface area contributed by atoms with Crippen molar-refractivity contribution in [2.45, 2.75) is 0 Å². The Morgan fingerprint density at radius 3 is 1.07 bits per heavy atom. The molecule has 12 aromatic rings. The molecule has 0 spiro atoms. The molecule has 0 saturated heterocycles. The summed E-state index contributed by atoms with van der Waals surface area (Å²) >= 11 is 0. The highest BCUT2D eigenvalue weighted by molar-refractivity contribution is 6.26. The van der Waals surface area contributed by atoms with Gasteiger partial charge >= 0.3 is 0 Å². The van der Waals surface area contributed by atoms with Crippen LogP contribution in [0.1, 0.15) is 0 Å². The fourth-order valence-electron chi connectivity index (χ4n) is 9.62. The highest BCUT2D eigenvalue weighted by atomic mass is 14.2. The van der Waals surface area contributed by atoms with E-state index < -0.39 is 0 Å². The summed E-state index contributed by atoms with van der Waals surface area (Å²) in [5, 5.41) is 17.8. The van der Waals surface area contributed by atoms with E-state index >= 15 is 0 Å². The molecule has 0 aliphatic heterocycles. The minimum absolute atomic E-state index is 1.22. The molecule has 0 atom stereocenters. The molecular weight excluding hydrogens is 697 g/mol. The zero-order chi connectivity index (χ0) is 38.2. The van der Waals surface area contributed by atoms with E-state index in [0.717, 1.165) is 0 Å². The van der Waals surface area contributed by atoms with E-state index in [1.165, 1.54) is 120 Å². The van der Waals surface area contributed by atoms with Crippen molar-refractivity contribution >= 4 is 75.4 Å². The fraction of sp³-hybridized carbons (Fsp3) is 0. The third-order valence-electron chi connectivity index (χ3n) is 12.4. The third kappa shape index (κ3) is 5.16. The average Bonchev–Trinajstić information content (AvgIpc) is 3.30. The van der Waals surface area contributed by atoms with Crippen LogP contribution >= 0.6 is 0 Å². The van der Waals surface area contributed by atoms with E-state index in [2.05, 4.69) is 218 Å². The highest BCUT2D eigenvalue weighted by Crippen LogP contribution is 2.45. The van der Waals surface area contributed by atoms with Crippen molar-refractivity contribution in [3.8, 4) is 44.5 Å². The average molecular weight is 733 g/mol. The maximum Gasteiger partial charge on any atom is -0.00262 e. The largest absolute Gasteiger partial charge is 0.0616 e. The van der Waals surface area contributed by atoms with E-state index in [4.69, 9.17) is 0 Å². The summed E-state index contributed by atoms with van der Waals surface area (Å²) < 4.78 is 0. The molecule has 0 aliphatic rings. The van der Waals surface area contributed by atoms with Gasteiger partial charge in [0.05, 0.1) is 0 Å². The molecule has 0 saturated carbocycles. The molecule has 0 N–H and O–H groups in total. The van der Waals surface area contributed by atoms with Crippen molar-refractivity contribution in [2.24, 2.45) is 0 Å². The van der Waals surface area contributed by atoms with E-state index in [-0.39, 0.29) is 0 Å². The van der Waals surface area contributed by atoms with Crippen LogP contribution in [0.4, 0.5) is 0 Å². The lowest BCUT2D eigenvalue weighted by molar-refractivity contribution is 1.63. The first-order valence-electron chi connectivity index (χ1n) is 20.2. The van der Waals surface area contributed by atoms with Gasteiger partial charge in [0.1, 0.15) is 0 Å². The Kier molecular flexibility index (Phi) is 7.33. The first-order valence-corrected chi connectivity index (χ1v) is 20.2. The highest BCUT2D eigenvalue weighted by Gasteiger charge is 2.17. The molecule has 268 valence electrons. The van der Waals surface area contributed by atoms with Crippen LogP contribution in [-0.2, 0) is 0 Å². The zero-order valence-corrected chi connectivity index (χ0v) is 31.8. The summed E-state index contributed by atoms with van der Waals surface area (Å²) in [7, 11) is 0. The van der Waals surface area contributed by atoms with Crippen LogP contribution in [0.2, 0.25) is 0 Å². The van der Waals surface area contributed by atoms with Crippen LogP contribution < -0.4 is 0 Å². The first-order chi connectivity index (χ1) is 28.7. The number of fused-ring (bicyclic) bond motifs is 10. The predicted octanol–water partition coefficient (Wildman–Crippen LogP) is 16.4. The Morgan fingerprint density at radius 1 is 0.155 bits per heavy atom. The monoisotopic (exact) mass is 732 g/mol. The van der Waals surface area contributed by atoms with Crippen molar-refractivity contribution in [3.05, 3.63) is 218 Å². The summed E-state index contributed by atoms with van der Waals surface area (Å²) in [5.41, 5.74) is 9.92. The Hall–Kier alpha value is -7.54. The van der Waals surface area contributed by atoms with Crippen molar-refractivity contribution < 1.29 is 0 Å². The lowest BCUT2D eigenvalue weighted by Gasteiger charge is -2.18. The second-order valence-electron chi connectivity index (χ2n) is 15.6. The van der Waals surface area contributed by atoms with Gasteiger partial charge in [-0.05, 0) is 144 Å². The van der Waals surface area contributed by atoms with Gasteiger partial charge in [-0.15, -0.1) is 0 Å². The van der Waals surface area contributed by atoms with Crippen LogP contribution in [-0.4, -0.2) is 0 Å². The molecule has 12 rings (SSSR count). The molecule has 58 heavy (non-hydrogen) atoms. The van der Waals surface area contributed by atoms with Crippen LogP contribution in [0, 0.1) is 0 Å². The SMILES string of the molecule is c1ccc2cc(-c3ccc(-c4c5ccccc5c(-c5ccc6ccc(-c7ccc8c9ccccc9c9ccccc9c8c7)cc6c5)c5ccccc45)cc3)ccc2c1. The Labute approximate surface area is 336 Å². The molecule has 0 heteroatoms. The van der Waals surface area contributed by atoms with Crippen molar-refractivity contribution in [1.29, 1.82) is 0 Å². The molecule has 0 radical (unpaired) electrons.